The number of imidazole rings is 1. The maximum absolute atomic E-state index is 14.1. The minimum Gasteiger partial charge on any atom is -0.413 e. The molecule has 4 heterocycles. The molecule has 2 aromatic rings. The van der Waals surface area contributed by atoms with Gasteiger partial charge in [-0.1, -0.05) is 12.2 Å². The van der Waals surface area contributed by atoms with Crippen LogP contribution in [0.25, 0.3) is 0 Å². The van der Waals surface area contributed by atoms with Gasteiger partial charge in [0.05, 0.1) is 23.9 Å². The first kappa shape index (κ1) is 20.7. The van der Waals surface area contributed by atoms with Gasteiger partial charge in [-0.15, -0.1) is 10.2 Å². The molecule has 1 N–H and O–H groups in total. The van der Waals surface area contributed by atoms with Crippen molar-refractivity contribution in [1.82, 2.24) is 30.1 Å². The number of nitrogens with one attached hydrogen (secondary N) is 1. The van der Waals surface area contributed by atoms with Crippen LogP contribution in [0.1, 0.15) is 61.7 Å². The largest absolute Gasteiger partial charge is 0.413 e. The summed E-state index contributed by atoms with van der Waals surface area (Å²) in [6.45, 7) is 6.87. The van der Waals surface area contributed by atoms with Gasteiger partial charge in [0.15, 0.2) is 5.67 Å². The lowest BCUT2D eigenvalue weighted by Crippen LogP contribution is -2.41. The van der Waals surface area contributed by atoms with Gasteiger partial charge in [-0.2, -0.15) is 5.10 Å². The normalized spacial score (nSPS) is 20.5. The number of fused-ring (bicyclic) bond motifs is 1. The highest BCUT2D eigenvalue weighted by Crippen LogP contribution is 2.29. The van der Waals surface area contributed by atoms with Crippen LogP contribution < -0.4 is 0 Å². The van der Waals surface area contributed by atoms with Gasteiger partial charge in [0, 0.05) is 24.4 Å². The van der Waals surface area contributed by atoms with Gasteiger partial charge in [-0.05, 0) is 39.8 Å². The number of halogens is 1. The number of rotatable bonds is 4. The van der Waals surface area contributed by atoms with Gasteiger partial charge in [0.2, 0.25) is 0 Å². The van der Waals surface area contributed by atoms with Crippen molar-refractivity contribution in [2.24, 2.45) is 5.10 Å². The van der Waals surface area contributed by atoms with Gasteiger partial charge >= 0.3 is 11.8 Å². The van der Waals surface area contributed by atoms with Crippen molar-refractivity contribution in [2.75, 3.05) is 6.54 Å². The number of aromatic amines is 1. The fourth-order valence-corrected chi connectivity index (χ4v) is 3.49. The topological polar surface area (TPSA) is 104 Å². The number of carbonyl (C=O) groups is 1. The van der Waals surface area contributed by atoms with Crippen LogP contribution in [0.15, 0.2) is 51.5 Å². The summed E-state index contributed by atoms with van der Waals surface area (Å²) in [6.07, 6.45) is 11.7. The summed E-state index contributed by atoms with van der Waals surface area (Å²) in [5, 5.41) is 13.9. The predicted octanol–water partition coefficient (Wildman–Crippen LogP) is 3.40. The van der Waals surface area contributed by atoms with Gasteiger partial charge < -0.3 is 14.3 Å². The van der Waals surface area contributed by atoms with E-state index in [4.69, 9.17) is 4.42 Å². The van der Waals surface area contributed by atoms with Crippen LogP contribution in [0, 0.1) is 0 Å². The second-order valence-electron chi connectivity index (χ2n) is 7.80. The van der Waals surface area contributed by atoms with Gasteiger partial charge in [-0.3, -0.25) is 4.79 Å². The Morgan fingerprint density at radius 2 is 2.23 bits per heavy atom. The second-order valence-corrected chi connectivity index (χ2v) is 7.80. The van der Waals surface area contributed by atoms with Crippen molar-refractivity contribution in [3.63, 3.8) is 0 Å². The molecule has 0 bridgehead atoms. The van der Waals surface area contributed by atoms with E-state index in [1.165, 1.54) is 13.8 Å². The standard InChI is InChI=1S/C21H24FN7O2/c1-5-14-8-6-7-13(2)29(14)25-11-16-17-15(23-12-24-17)9-10-28(16)19(30)18-26-27-20(31-18)21(3,4)22/h5-8,11-12,16H,9-10H2,1-4H3,(H,23,24)/b14-5-,25-11+/t16-/m0/s1. The summed E-state index contributed by atoms with van der Waals surface area (Å²) < 4.78 is 19.5. The minimum absolute atomic E-state index is 0.239. The maximum atomic E-state index is 14.1. The maximum Gasteiger partial charge on any atom is 0.312 e. The van der Waals surface area contributed by atoms with Gasteiger partial charge in [0.25, 0.3) is 5.89 Å². The third-order valence-corrected chi connectivity index (χ3v) is 5.15. The first-order valence-corrected chi connectivity index (χ1v) is 10.0. The molecule has 2 aliphatic rings. The van der Waals surface area contributed by atoms with Crippen molar-refractivity contribution < 1.29 is 13.6 Å². The van der Waals surface area contributed by atoms with Crippen LogP contribution in [-0.2, 0) is 12.1 Å². The Balaban J connectivity index is 1.66. The molecule has 10 heteroatoms. The molecule has 0 saturated carbocycles. The Labute approximate surface area is 179 Å². The second kappa shape index (κ2) is 7.93. The molecule has 0 unspecified atom stereocenters. The summed E-state index contributed by atoms with van der Waals surface area (Å²) in [5.74, 6) is -0.994. The van der Waals surface area contributed by atoms with E-state index in [-0.39, 0.29) is 11.8 Å². The lowest BCUT2D eigenvalue weighted by molar-refractivity contribution is 0.0661. The van der Waals surface area contributed by atoms with Crippen LogP contribution in [-0.4, -0.2) is 48.7 Å². The lowest BCUT2D eigenvalue weighted by atomic mass is 10.0. The van der Waals surface area contributed by atoms with E-state index in [1.807, 2.05) is 38.2 Å². The molecule has 4 rings (SSSR count). The van der Waals surface area contributed by atoms with E-state index < -0.39 is 17.6 Å². The Morgan fingerprint density at radius 3 is 2.94 bits per heavy atom. The molecular weight excluding hydrogens is 401 g/mol. The van der Waals surface area contributed by atoms with Crippen molar-refractivity contribution in [2.45, 2.75) is 45.8 Å². The first-order valence-electron chi connectivity index (χ1n) is 10.0. The molecule has 0 aromatic carbocycles. The molecule has 31 heavy (non-hydrogen) atoms. The van der Waals surface area contributed by atoms with Crippen LogP contribution in [0.4, 0.5) is 4.39 Å². The number of alkyl halides is 1. The average molecular weight is 425 g/mol. The molecule has 0 fully saturated rings. The summed E-state index contributed by atoms with van der Waals surface area (Å²) in [5.41, 5.74) is 1.66. The summed E-state index contributed by atoms with van der Waals surface area (Å²) in [4.78, 5) is 22.3. The summed E-state index contributed by atoms with van der Waals surface area (Å²) in [6, 6.07) is -0.548. The Hall–Kier alpha value is -3.56. The Bertz CT molecular complexity index is 1100. The highest BCUT2D eigenvalue weighted by molar-refractivity contribution is 5.92. The van der Waals surface area contributed by atoms with Crippen LogP contribution >= 0.6 is 0 Å². The van der Waals surface area contributed by atoms with Crippen molar-refractivity contribution >= 4 is 12.1 Å². The SMILES string of the molecule is C/C=C1/C=CC=C(C)N1/N=C/[C@H]1c2nc[nH]c2CCN1C(=O)c1nnc(C(C)(C)F)o1. The van der Waals surface area contributed by atoms with Crippen LogP contribution in [0.5, 0.6) is 0 Å². The molecule has 2 aromatic heterocycles. The molecule has 9 nitrogen and oxygen atoms in total. The number of H-pyrrole nitrogens is 1. The third kappa shape index (κ3) is 3.92. The monoisotopic (exact) mass is 425 g/mol. The number of hydrogen-bond acceptors (Lipinski definition) is 7. The van der Waals surface area contributed by atoms with E-state index in [0.717, 1.165) is 17.1 Å². The average Bonchev–Trinajstić information content (AvgIpc) is 3.41. The molecule has 162 valence electrons. The highest BCUT2D eigenvalue weighted by atomic mass is 19.1. The number of nitrogens with zero attached hydrogens (tertiary/aromatic N) is 6. The van der Waals surface area contributed by atoms with E-state index >= 15 is 0 Å². The van der Waals surface area contributed by atoms with E-state index in [9.17, 15) is 9.18 Å². The van der Waals surface area contributed by atoms with E-state index in [1.54, 1.807) is 22.5 Å². The molecule has 2 aliphatic heterocycles. The number of carbonyl (C=O) groups excluding carboxylic acids is 1. The minimum atomic E-state index is -1.84. The third-order valence-electron chi connectivity index (χ3n) is 5.15. The number of amides is 1. The Morgan fingerprint density at radius 1 is 1.42 bits per heavy atom. The van der Waals surface area contributed by atoms with Crippen LogP contribution in [0.2, 0.25) is 0 Å². The van der Waals surface area contributed by atoms with Gasteiger partial charge in [-0.25, -0.2) is 14.4 Å². The zero-order valence-corrected chi connectivity index (χ0v) is 17.8. The number of allylic oxidation sites excluding steroid dienone is 5. The zero-order valence-electron chi connectivity index (χ0n) is 17.8. The smallest absolute Gasteiger partial charge is 0.312 e. The fraction of sp³-hybridized carbons (Fsp3) is 0.381. The van der Waals surface area contributed by atoms with Crippen molar-refractivity contribution in [3.8, 4) is 0 Å². The first-order chi connectivity index (χ1) is 14.8. The van der Waals surface area contributed by atoms with Crippen molar-refractivity contribution in [3.05, 3.63) is 65.2 Å². The number of aromatic nitrogens is 4. The molecule has 0 spiro atoms. The summed E-state index contributed by atoms with van der Waals surface area (Å²) in [7, 11) is 0. The zero-order chi connectivity index (χ0) is 22.2. The summed E-state index contributed by atoms with van der Waals surface area (Å²) >= 11 is 0. The molecule has 0 aliphatic carbocycles. The molecule has 1 amide bonds. The van der Waals surface area contributed by atoms with Gasteiger partial charge in [0.1, 0.15) is 6.04 Å². The fourth-order valence-electron chi connectivity index (χ4n) is 3.49. The number of hydrogen-bond donors (Lipinski definition) is 1. The quantitative estimate of drug-likeness (QED) is 0.753. The lowest BCUT2D eigenvalue weighted by Gasteiger charge is -2.32. The molecular formula is C21H24FN7O2. The molecule has 0 saturated heterocycles. The van der Waals surface area contributed by atoms with Crippen molar-refractivity contribution in [1.29, 1.82) is 0 Å². The van der Waals surface area contributed by atoms with Crippen LogP contribution in [0.3, 0.4) is 0 Å². The van der Waals surface area contributed by atoms with E-state index in [2.05, 4.69) is 25.3 Å². The van der Waals surface area contributed by atoms with E-state index in [0.29, 0.717) is 18.7 Å². The highest BCUT2D eigenvalue weighted by Gasteiger charge is 2.36. The molecule has 1 atom stereocenters. The number of hydrazone groups is 1. The predicted molar refractivity (Wildman–Crippen MR) is 111 cm³/mol. The Kier molecular flexibility index (Phi) is 5.30. The molecule has 0 radical (unpaired) electrons.